The molecule has 0 radical (unpaired) electrons. The van der Waals surface area contributed by atoms with Crippen molar-refractivity contribution in [1.82, 2.24) is 0 Å². The van der Waals surface area contributed by atoms with E-state index in [-0.39, 0.29) is 0 Å². The summed E-state index contributed by atoms with van der Waals surface area (Å²) in [5.74, 6) is 0.821. The molecule has 0 bridgehead atoms. The Morgan fingerprint density at radius 2 is 1.59 bits per heavy atom. The van der Waals surface area contributed by atoms with E-state index in [9.17, 15) is 0 Å². The van der Waals surface area contributed by atoms with Gasteiger partial charge in [-0.2, -0.15) is 4.57 Å². The Kier molecular flexibility index (Phi) is 5.84. The molecule has 6 rings (SSSR count). The number of nitrogens with zero attached hydrogens (tertiary/aromatic N) is 2. The number of hydrogen-bond acceptors (Lipinski definition) is 1. The maximum absolute atomic E-state index is 7.93. The van der Waals surface area contributed by atoms with Gasteiger partial charge in [-0.05, 0) is 48.9 Å². The minimum atomic E-state index is 0.661. The van der Waals surface area contributed by atoms with Crippen LogP contribution < -0.4 is 4.57 Å². The third kappa shape index (κ3) is 3.83. The fraction of sp³-hybridized carbons (Fsp3) is 0.294. The average molecular weight is 486 g/mol. The standard InChI is InChI=1S/C34H33N2O/c1-21-15-17-27-28-19-22(2)32(35-4)31(25-13-7-6-8-14-25)34(28)37-33(27)30(21)29-18-16-26(23(3)36(29)5)20-24-11-9-10-12-24/h6-8,13-19,24H,9-12,20H2,1-3,5H3/q+1. The summed E-state index contributed by atoms with van der Waals surface area (Å²) in [4.78, 5) is 3.93. The first-order chi connectivity index (χ1) is 18.0. The summed E-state index contributed by atoms with van der Waals surface area (Å²) >= 11 is 0. The molecule has 1 aliphatic rings. The minimum absolute atomic E-state index is 0.661. The Labute approximate surface area is 219 Å². The first-order valence-electron chi connectivity index (χ1n) is 13.4. The van der Waals surface area contributed by atoms with Gasteiger partial charge in [0.15, 0.2) is 5.69 Å². The second-order valence-electron chi connectivity index (χ2n) is 10.8. The molecule has 3 nitrogen and oxygen atoms in total. The number of benzene rings is 3. The number of aryl methyl sites for hydroxylation is 2. The van der Waals surface area contributed by atoms with Gasteiger partial charge >= 0.3 is 0 Å². The van der Waals surface area contributed by atoms with Gasteiger partial charge in [-0.15, -0.1) is 0 Å². The van der Waals surface area contributed by atoms with E-state index in [1.807, 2.05) is 25.1 Å². The first-order valence-corrected chi connectivity index (χ1v) is 13.4. The van der Waals surface area contributed by atoms with Crippen LogP contribution in [-0.4, -0.2) is 0 Å². The summed E-state index contributed by atoms with van der Waals surface area (Å²) < 4.78 is 9.12. The lowest BCUT2D eigenvalue weighted by atomic mass is 9.94. The largest absolute Gasteiger partial charge is 0.456 e. The van der Waals surface area contributed by atoms with Gasteiger partial charge in [0.2, 0.25) is 11.4 Å². The highest BCUT2D eigenvalue weighted by Crippen LogP contribution is 2.46. The molecule has 0 saturated heterocycles. The van der Waals surface area contributed by atoms with E-state index < -0.39 is 0 Å². The average Bonchev–Trinajstić information content (AvgIpc) is 3.55. The minimum Gasteiger partial charge on any atom is -0.456 e. The molecule has 0 amide bonds. The zero-order valence-electron chi connectivity index (χ0n) is 22.2. The zero-order chi connectivity index (χ0) is 25.7. The SMILES string of the molecule is [C-]#[N+]c1c(C)cc2c(oc3c(-c4ccc(CC5CCCC5)c(C)[n+]4C)c(C)ccc32)c1-c1ccccc1. The predicted molar refractivity (Wildman–Crippen MR) is 152 cm³/mol. The van der Waals surface area contributed by atoms with E-state index in [0.717, 1.165) is 50.1 Å². The second-order valence-corrected chi connectivity index (χ2v) is 10.8. The van der Waals surface area contributed by atoms with Crippen LogP contribution in [0.1, 0.15) is 48.1 Å². The predicted octanol–water partition coefficient (Wildman–Crippen LogP) is 8.95. The molecule has 0 atom stereocenters. The van der Waals surface area contributed by atoms with Crippen LogP contribution in [0.4, 0.5) is 5.69 Å². The van der Waals surface area contributed by atoms with Crippen molar-refractivity contribution < 1.29 is 8.98 Å². The molecule has 0 unspecified atom stereocenters. The molecule has 3 aromatic carbocycles. The van der Waals surface area contributed by atoms with Gasteiger partial charge in [-0.3, -0.25) is 0 Å². The molecular weight excluding hydrogens is 452 g/mol. The molecule has 2 heterocycles. The highest BCUT2D eigenvalue weighted by molar-refractivity contribution is 6.15. The second kappa shape index (κ2) is 9.20. The molecule has 184 valence electrons. The van der Waals surface area contributed by atoms with Crippen molar-refractivity contribution in [2.24, 2.45) is 13.0 Å². The van der Waals surface area contributed by atoms with E-state index in [2.05, 4.69) is 72.8 Å². The van der Waals surface area contributed by atoms with Crippen molar-refractivity contribution in [2.45, 2.75) is 52.9 Å². The molecule has 0 spiro atoms. The number of aromatic nitrogens is 1. The molecule has 0 N–H and O–H groups in total. The van der Waals surface area contributed by atoms with Crippen molar-refractivity contribution in [1.29, 1.82) is 0 Å². The van der Waals surface area contributed by atoms with Crippen molar-refractivity contribution in [2.75, 3.05) is 0 Å². The number of fused-ring (bicyclic) bond motifs is 3. The van der Waals surface area contributed by atoms with Crippen LogP contribution in [0.5, 0.6) is 0 Å². The summed E-state index contributed by atoms with van der Waals surface area (Å²) in [6.07, 6.45) is 6.64. The van der Waals surface area contributed by atoms with Crippen LogP contribution in [0.3, 0.4) is 0 Å². The Balaban J connectivity index is 1.60. The normalized spacial score (nSPS) is 14.0. The van der Waals surface area contributed by atoms with Gasteiger partial charge in [0.1, 0.15) is 18.2 Å². The Morgan fingerprint density at radius 3 is 2.32 bits per heavy atom. The third-order valence-electron chi connectivity index (χ3n) is 8.49. The van der Waals surface area contributed by atoms with Gasteiger partial charge in [0, 0.05) is 34.9 Å². The smallest absolute Gasteiger partial charge is 0.216 e. The van der Waals surface area contributed by atoms with Crippen LogP contribution >= 0.6 is 0 Å². The van der Waals surface area contributed by atoms with E-state index in [1.165, 1.54) is 54.6 Å². The zero-order valence-corrected chi connectivity index (χ0v) is 22.2. The number of furan rings is 1. The topological polar surface area (TPSA) is 21.4 Å². The molecule has 1 fully saturated rings. The van der Waals surface area contributed by atoms with Crippen LogP contribution in [0.2, 0.25) is 0 Å². The summed E-state index contributed by atoms with van der Waals surface area (Å²) in [6, 6.07) is 21.3. The highest BCUT2D eigenvalue weighted by Gasteiger charge is 2.26. The molecule has 5 aromatic rings. The van der Waals surface area contributed by atoms with Gasteiger partial charge in [0.25, 0.3) is 0 Å². The van der Waals surface area contributed by atoms with Crippen LogP contribution in [0, 0.1) is 33.3 Å². The lowest BCUT2D eigenvalue weighted by Crippen LogP contribution is -2.36. The van der Waals surface area contributed by atoms with Gasteiger partial charge < -0.3 is 4.42 Å². The lowest BCUT2D eigenvalue weighted by Gasteiger charge is -2.13. The quantitative estimate of drug-likeness (QED) is 0.184. The lowest BCUT2D eigenvalue weighted by molar-refractivity contribution is -0.667. The van der Waals surface area contributed by atoms with E-state index in [1.54, 1.807) is 0 Å². The fourth-order valence-electron chi connectivity index (χ4n) is 6.33. The maximum Gasteiger partial charge on any atom is 0.216 e. The van der Waals surface area contributed by atoms with Crippen molar-refractivity contribution in [3.63, 3.8) is 0 Å². The highest BCUT2D eigenvalue weighted by atomic mass is 16.3. The van der Waals surface area contributed by atoms with E-state index in [4.69, 9.17) is 11.0 Å². The third-order valence-corrected chi connectivity index (χ3v) is 8.49. The molecule has 1 saturated carbocycles. The Bertz CT molecular complexity index is 1700. The molecule has 3 heteroatoms. The Morgan fingerprint density at radius 1 is 0.865 bits per heavy atom. The van der Waals surface area contributed by atoms with Crippen molar-refractivity contribution in [3.05, 3.63) is 94.5 Å². The monoisotopic (exact) mass is 485 g/mol. The van der Waals surface area contributed by atoms with E-state index >= 15 is 0 Å². The molecule has 0 aliphatic heterocycles. The molecule has 1 aliphatic carbocycles. The van der Waals surface area contributed by atoms with Crippen molar-refractivity contribution >= 4 is 27.6 Å². The van der Waals surface area contributed by atoms with Crippen LogP contribution in [0.15, 0.2) is 65.1 Å². The number of rotatable bonds is 4. The molecule has 37 heavy (non-hydrogen) atoms. The van der Waals surface area contributed by atoms with E-state index in [0.29, 0.717) is 5.69 Å². The number of pyridine rings is 1. The number of hydrogen-bond donors (Lipinski definition) is 0. The summed E-state index contributed by atoms with van der Waals surface area (Å²) in [6.45, 7) is 14.4. The molecular formula is C34H33N2O+. The fourth-order valence-corrected chi connectivity index (χ4v) is 6.33. The Hall–Kier alpha value is -3.90. The summed E-state index contributed by atoms with van der Waals surface area (Å²) in [5, 5.41) is 2.16. The molecule has 2 aromatic heterocycles. The van der Waals surface area contributed by atoms with Gasteiger partial charge in [0.05, 0.1) is 12.1 Å². The van der Waals surface area contributed by atoms with Crippen LogP contribution in [0.25, 0.3) is 49.2 Å². The maximum atomic E-state index is 7.93. The summed E-state index contributed by atoms with van der Waals surface area (Å²) in [7, 11) is 2.18. The summed E-state index contributed by atoms with van der Waals surface area (Å²) in [5.41, 5.74) is 11.5. The first kappa shape index (κ1) is 23.5. The van der Waals surface area contributed by atoms with Crippen molar-refractivity contribution in [3.8, 4) is 22.4 Å². The van der Waals surface area contributed by atoms with Crippen LogP contribution in [-0.2, 0) is 13.5 Å². The van der Waals surface area contributed by atoms with Gasteiger partial charge in [-0.1, -0.05) is 74.2 Å². The van der Waals surface area contributed by atoms with Gasteiger partial charge in [-0.25, -0.2) is 4.85 Å².